The molecule has 19 heavy (non-hydrogen) atoms. The Kier molecular flexibility index (Phi) is 9.20. The van der Waals surface area contributed by atoms with E-state index in [1.807, 2.05) is 24.3 Å². The monoisotopic (exact) mass is 351 g/mol. The fraction of sp³-hybridized carbons (Fsp3) is 0.333. The highest BCUT2D eigenvalue weighted by Crippen LogP contribution is 2.11. The van der Waals surface area contributed by atoms with Crippen molar-refractivity contribution in [3.05, 3.63) is 34.3 Å². The first-order chi connectivity index (χ1) is 8.86. The number of rotatable bonds is 4. The predicted octanol–water partition coefficient (Wildman–Crippen LogP) is 2.79. The summed E-state index contributed by atoms with van der Waals surface area (Å²) >= 11 is 8.01. The first kappa shape index (κ1) is 17.9. The van der Waals surface area contributed by atoms with Crippen molar-refractivity contribution in [2.24, 2.45) is 5.73 Å². The fourth-order valence-electron chi connectivity index (χ4n) is 1.08. The smallest absolute Gasteiger partial charge is 0.403 e. The number of carbonyl (C=O) groups is 2. The molecule has 0 bridgehead atoms. The van der Waals surface area contributed by atoms with Gasteiger partial charge in [0.25, 0.3) is 0 Å². The van der Waals surface area contributed by atoms with Gasteiger partial charge in [0, 0.05) is 16.1 Å². The van der Waals surface area contributed by atoms with E-state index in [0.717, 1.165) is 10.0 Å². The Bertz CT molecular complexity index is 411. The lowest BCUT2D eigenvalue weighted by Crippen LogP contribution is -2.32. The van der Waals surface area contributed by atoms with E-state index < -0.39 is 17.4 Å². The van der Waals surface area contributed by atoms with Crippen LogP contribution in [0.2, 0.25) is 0 Å². The Hall–Kier alpha value is -1.11. The van der Waals surface area contributed by atoms with Gasteiger partial charge in [-0.25, -0.2) is 4.79 Å². The lowest BCUT2D eigenvalue weighted by Gasteiger charge is -2.05. The molecule has 1 unspecified atom stereocenters. The highest BCUT2D eigenvalue weighted by molar-refractivity contribution is 9.10. The Morgan fingerprint density at radius 2 is 1.95 bits per heavy atom. The third kappa shape index (κ3) is 9.47. The van der Waals surface area contributed by atoms with Crippen molar-refractivity contribution in [2.45, 2.75) is 19.4 Å². The SMILES string of the molecule is CCOC(=O)Cl.NC(Cc1ccc(Br)cc1)C(=O)O. The second-order valence-corrected chi connectivity index (χ2v) is 4.67. The Morgan fingerprint density at radius 3 is 2.26 bits per heavy atom. The summed E-state index contributed by atoms with van der Waals surface area (Å²) in [6, 6.07) is 6.62. The topological polar surface area (TPSA) is 89.6 Å². The van der Waals surface area contributed by atoms with Crippen LogP contribution in [-0.2, 0) is 16.0 Å². The van der Waals surface area contributed by atoms with Gasteiger partial charge in [0.1, 0.15) is 6.04 Å². The van der Waals surface area contributed by atoms with Gasteiger partial charge in [0.2, 0.25) is 0 Å². The summed E-state index contributed by atoms with van der Waals surface area (Å²) in [6.45, 7) is 2.04. The Morgan fingerprint density at radius 1 is 1.42 bits per heavy atom. The standard InChI is InChI=1S/C9H10BrNO2.C3H5ClO2/c10-7-3-1-6(2-4-7)5-8(11)9(12)13;1-2-6-3(4)5/h1-4,8H,5,11H2,(H,12,13);2H2,1H3. The maximum atomic E-state index is 10.4. The van der Waals surface area contributed by atoms with Gasteiger partial charge >= 0.3 is 11.4 Å². The molecule has 0 aromatic heterocycles. The van der Waals surface area contributed by atoms with Gasteiger partial charge in [0.15, 0.2) is 0 Å². The zero-order valence-electron chi connectivity index (χ0n) is 10.3. The number of nitrogens with two attached hydrogens (primary N) is 1. The van der Waals surface area contributed by atoms with Gasteiger partial charge in [0.05, 0.1) is 6.61 Å². The van der Waals surface area contributed by atoms with Crippen molar-refractivity contribution < 1.29 is 19.4 Å². The molecule has 0 aliphatic heterocycles. The van der Waals surface area contributed by atoms with Crippen LogP contribution in [0.3, 0.4) is 0 Å². The third-order valence-corrected chi connectivity index (χ3v) is 2.58. The molecule has 1 rings (SSSR count). The number of carbonyl (C=O) groups excluding carboxylic acids is 1. The summed E-state index contributed by atoms with van der Waals surface area (Å²) in [6.07, 6.45) is 0.364. The summed E-state index contributed by atoms with van der Waals surface area (Å²) in [5.74, 6) is -0.970. The number of benzene rings is 1. The van der Waals surface area contributed by atoms with Gasteiger partial charge in [-0.15, -0.1) is 0 Å². The summed E-state index contributed by atoms with van der Waals surface area (Å²) < 4.78 is 5.14. The molecule has 7 heteroatoms. The second-order valence-electron chi connectivity index (χ2n) is 3.45. The van der Waals surface area contributed by atoms with Crippen molar-refractivity contribution in [2.75, 3.05) is 6.61 Å². The van der Waals surface area contributed by atoms with Crippen LogP contribution < -0.4 is 5.73 Å². The molecular weight excluding hydrogens is 337 g/mol. The average molecular weight is 353 g/mol. The van der Waals surface area contributed by atoms with E-state index in [1.165, 1.54) is 0 Å². The first-order valence-corrected chi connectivity index (χ1v) is 6.59. The van der Waals surface area contributed by atoms with Crippen LogP contribution in [0.4, 0.5) is 4.79 Å². The third-order valence-electron chi connectivity index (χ3n) is 1.94. The molecule has 1 aromatic carbocycles. The van der Waals surface area contributed by atoms with Crippen LogP contribution in [-0.4, -0.2) is 29.2 Å². The van der Waals surface area contributed by atoms with Gasteiger partial charge < -0.3 is 15.6 Å². The summed E-state index contributed by atoms with van der Waals surface area (Å²) in [4.78, 5) is 20.0. The summed E-state index contributed by atoms with van der Waals surface area (Å²) in [7, 11) is 0. The minimum absolute atomic E-state index is 0.350. The number of halogens is 2. The minimum Gasteiger partial charge on any atom is -0.480 e. The Balaban J connectivity index is 0.000000459. The van der Waals surface area contributed by atoms with Crippen LogP contribution in [0.25, 0.3) is 0 Å². The van der Waals surface area contributed by atoms with E-state index >= 15 is 0 Å². The number of hydrogen-bond donors (Lipinski definition) is 2. The van der Waals surface area contributed by atoms with Gasteiger partial charge in [-0.3, -0.25) is 4.79 Å². The van der Waals surface area contributed by atoms with E-state index in [0.29, 0.717) is 13.0 Å². The van der Waals surface area contributed by atoms with Crippen LogP contribution in [0.15, 0.2) is 28.7 Å². The van der Waals surface area contributed by atoms with Crippen molar-refractivity contribution in [1.82, 2.24) is 0 Å². The van der Waals surface area contributed by atoms with Crippen LogP contribution >= 0.6 is 27.5 Å². The van der Waals surface area contributed by atoms with Gasteiger partial charge in [-0.05, 0) is 31.0 Å². The van der Waals surface area contributed by atoms with E-state index in [-0.39, 0.29) is 0 Å². The van der Waals surface area contributed by atoms with E-state index in [1.54, 1.807) is 6.92 Å². The van der Waals surface area contributed by atoms with Gasteiger partial charge in [-0.1, -0.05) is 28.1 Å². The molecule has 0 heterocycles. The fourth-order valence-corrected chi connectivity index (χ4v) is 1.45. The van der Waals surface area contributed by atoms with Crippen molar-refractivity contribution in [3.8, 4) is 0 Å². The molecule has 0 aliphatic carbocycles. The quantitative estimate of drug-likeness (QED) is 0.813. The number of hydrogen-bond acceptors (Lipinski definition) is 4. The van der Waals surface area contributed by atoms with Crippen LogP contribution in [0.5, 0.6) is 0 Å². The average Bonchev–Trinajstić information content (AvgIpc) is 2.32. The molecular formula is C12H15BrClNO4. The zero-order valence-corrected chi connectivity index (χ0v) is 12.6. The number of carboxylic acids is 1. The van der Waals surface area contributed by atoms with E-state index in [4.69, 9.17) is 22.4 Å². The van der Waals surface area contributed by atoms with Crippen molar-refractivity contribution in [3.63, 3.8) is 0 Å². The molecule has 0 aliphatic rings. The Labute approximate surface area is 124 Å². The lowest BCUT2D eigenvalue weighted by molar-refractivity contribution is -0.138. The lowest BCUT2D eigenvalue weighted by atomic mass is 10.1. The molecule has 5 nitrogen and oxygen atoms in total. The van der Waals surface area contributed by atoms with E-state index in [9.17, 15) is 9.59 Å². The van der Waals surface area contributed by atoms with E-state index in [2.05, 4.69) is 20.7 Å². The van der Waals surface area contributed by atoms with Crippen LogP contribution in [0.1, 0.15) is 12.5 Å². The molecule has 0 amide bonds. The molecule has 0 fully saturated rings. The summed E-state index contributed by atoms with van der Waals surface area (Å²) in [5, 5.41) is 8.56. The predicted molar refractivity (Wildman–Crippen MR) is 76.3 cm³/mol. The molecule has 0 radical (unpaired) electrons. The van der Waals surface area contributed by atoms with Gasteiger partial charge in [-0.2, -0.15) is 0 Å². The number of carboxylic acid groups (broad SMARTS) is 1. The zero-order chi connectivity index (χ0) is 14.8. The molecule has 106 valence electrons. The molecule has 1 aromatic rings. The van der Waals surface area contributed by atoms with Crippen molar-refractivity contribution in [1.29, 1.82) is 0 Å². The first-order valence-electron chi connectivity index (χ1n) is 5.41. The molecule has 3 N–H and O–H groups in total. The number of ether oxygens (including phenoxy) is 1. The second kappa shape index (κ2) is 9.77. The molecule has 0 saturated heterocycles. The maximum absolute atomic E-state index is 10.4. The molecule has 0 spiro atoms. The molecule has 1 atom stereocenters. The minimum atomic E-state index is -0.970. The summed E-state index contributed by atoms with van der Waals surface area (Å²) in [5.41, 5.74) is 5.57. The molecule has 0 saturated carbocycles. The number of aliphatic carboxylic acids is 1. The normalized spacial score (nSPS) is 10.9. The van der Waals surface area contributed by atoms with Crippen molar-refractivity contribution >= 4 is 38.9 Å². The highest BCUT2D eigenvalue weighted by atomic mass is 79.9. The maximum Gasteiger partial charge on any atom is 0.403 e. The van der Waals surface area contributed by atoms with Crippen LogP contribution in [0, 0.1) is 0 Å². The largest absolute Gasteiger partial charge is 0.480 e. The highest BCUT2D eigenvalue weighted by Gasteiger charge is 2.11.